The lowest BCUT2D eigenvalue weighted by Gasteiger charge is -2.11. The normalized spacial score (nSPS) is 10.5. The summed E-state index contributed by atoms with van der Waals surface area (Å²) in [6.45, 7) is 0.0706. The van der Waals surface area contributed by atoms with Gasteiger partial charge in [-0.1, -0.05) is 28.1 Å². The van der Waals surface area contributed by atoms with Crippen LogP contribution in [0.15, 0.2) is 40.9 Å². The summed E-state index contributed by atoms with van der Waals surface area (Å²) >= 11 is 8.91. The molecule has 0 amide bonds. The molecule has 0 aliphatic carbocycles. The molecule has 2 aromatic carbocycles. The molecule has 0 bridgehead atoms. The highest BCUT2D eigenvalue weighted by atomic mass is 79.9. The molecule has 0 unspecified atom stereocenters. The number of rotatable bonds is 4. The minimum Gasteiger partial charge on any atom is -0.485 e. The van der Waals surface area contributed by atoms with Gasteiger partial charge in [0, 0.05) is 10.0 Å². The third-order valence-corrected chi connectivity index (χ3v) is 3.24. The molecule has 0 aliphatic heterocycles. The topological polar surface area (TPSA) is 9.23 Å². The molecule has 0 fully saturated rings. The summed E-state index contributed by atoms with van der Waals surface area (Å²) in [4.78, 5) is 0. The van der Waals surface area contributed by atoms with E-state index in [9.17, 15) is 8.78 Å². The molecule has 2 rings (SSSR count). The first-order valence-electron chi connectivity index (χ1n) is 5.51. The van der Waals surface area contributed by atoms with E-state index in [1.807, 2.05) is 0 Å². The van der Waals surface area contributed by atoms with Crippen molar-refractivity contribution in [3.8, 4) is 5.75 Å². The van der Waals surface area contributed by atoms with Crippen molar-refractivity contribution in [2.45, 2.75) is 12.5 Å². The molecule has 2 aromatic rings. The van der Waals surface area contributed by atoms with Gasteiger partial charge in [-0.3, -0.25) is 0 Å². The van der Waals surface area contributed by atoms with Gasteiger partial charge in [0.2, 0.25) is 0 Å². The summed E-state index contributed by atoms with van der Waals surface area (Å²) in [7, 11) is 0. The Balaban J connectivity index is 2.18. The molecule has 0 N–H and O–H groups in total. The molecule has 1 nitrogen and oxygen atoms in total. The van der Waals surface area contributed by atoms with E-state index in [0.717, 1.165) is 0 Å². The molecule has 0 saturated carbocycles. The first-order valence-corrected chi connectivity index (χ1v) is 6.84. The summed E-state index contributed by atoms with van der Waals surface area (Å²) in [5.41, 5.74) is 1.17. The Morgan fingerprint density at radius 3 is 2.63 bits per heavy atom. The van der Waals surface area contributed by atoms with Crippen molar-refractivity contribution in [2.75, 3.05) is 0 Å². The minimum absolute atomic E-state index is 0.0706. The van der Waals surface area contributed by atoms with Crippen molar-refractivity contribution >= 4 is 27.5 Å². The lowest BCUT2D eigenvalue weighted by atomic mass is 10.2. The van der Waals surface area contributed by atoms with Crippen LogP contribution in [0.1, 0.15) is 11.1 Å². The second-order valence-electron chi connectivity index (χ2n) is 3.93. The van der Waals surface area contributed by atoms with Gasteiger partial charge in [0.1, 0.15) is 12.4 Å². The Kier molecular flexibility index (Phi) is 4.77. The average Bonchev–Trinajstić information content (AvgIpc) is 2.36. The number of para-hydroxylation sites is 1. The van der Waals surface area contributed by atoms with Crippen molar-refractivity contribution in [3.05, 3.63) is 63.6 Å². The Morgan fingerprint density at radius 2 is 1.95 bits per heavy atom. The van der Waals surface area contributed by atoms with Gasteiger partial charge in [-0.2, -0.15) is 0 Å². The van der Waals surface area contributed by atoms with Gasteiger partial charge in [-0.15, -0.1) is 11.6 Å². The fourth-order valence-corrected chi connectivity index (χ4v) is 2.39. The number of hydrogen-bond donors (Lipinski definition) is 0. The van der Waals surface area contributed by atoms with E-state index >= 15 is 0 Å². The summed E-state index contributed by atoms with van der Waals surface area (Å²) in [6.07, 6.45) is 0. The molecule has 0 radical (unpaired) electrons. The molecule has 100 valence electrons. The monoisotopic (exact) mass is 346 g/mol. The number of halogens is 4. The van der Waals surface area contributed by atoms with Gasteiger partial charge in [0.15, 0.2) is 11.6 Å². The Labute approximate surface area is 123 Å². The van der Waals surface area contributed by atoms with Crippen LogP contribution < -0.4 is 4.74 Å². The maximum atomic E-state index is 13.6. The van der Waals surface area contributed by atoms with Gasteiger partial charge < -0.3 is 4.74 Å². The zero-order valence-electron chi connectivity index (χ0n) is 9.80. The van der Waals surface area contributed by atoms with E-state index in [1.165, 1.54) is 18.2 Å². The van der Waals surface area contributed by atoms with Crippen LogP contribution in [0.3, 0.4) is 0 Å². The van der Waals surface area contributed by atoms with E-state index in [4.69, 9.17) is 16.3 Å². The van der Waals surface area contributed by atoms with Crippen LogP contribution in [-0.4, -0.2) is 0 Å². The average molecular weight is 348 g/mol. The van der Waals surface area contributed by atoms with Gasteiger partial charge in [-0.25, -0.2) is 8.78 Å². The smallest absolute Gasteiger partial charge is 0.165 e. The fourth-order valence-electron chi connectivity index (χ4n) is 1.67. The summed E-state index contributed by atoms with van der Waals surface area (Å²) in [6, 6.07) is 8.95. The summed E-state index contributed by atoms with van der Waals surface area (Å²) in [5, 5.41) is 0. The lowest BCUT2D eigenvalue weighted by Crippen LogP contribution is -2.00. The van der Waals surface area contributed by atoms with Crippen LogP contribution in [0.4, 0.5) is 8.78 Å². The van der Waals surface area contributed by atoms with Crippen molar-refractivity contribution in [3.63, 3.8) is 0 Å². The van der Waals surface area contributed by atoms with Crippen LogP contribution in [0.25, 0.3) is 0 Å². The third kappa shape index (κ3) is 3.67. The van der Waals surface area contributed by atoms with Crippen LogP contribution in [0, 0.1) is 11.6 Å². The van der Waals surface area contributed by atoms with Gasteiger partial charge in [-0.05, 0) is 29.8 Å². The summed E-state index contributed by atoms with van der Waals surface area (Å²) in [5.74, 6) is -0.592. The van der Waals surface area contributed by atoms with Crippen LogP contribution >= 0.6 is 27.5 Å². The molecule has 5 heteroatoms. The highest BCUT2D eigenvalue weighted by Gasteiger charge is 2.09. The predicted molar refractivity (Wildman–Crippen MR) is 74.4 cm³/mol. The fraction of sp³-hybridized carbons (Fsp3) is 0.143. The van der Waals surface area contributed by atoms with Crippen molar-refractivity contribution < 1.29 is 13.5 Å². The van der Waals surface area contributed by atoms with Crippen LogP contribution in [-0.2, 0) is 12.5 Å². The van der Waals surface area contributed by atoms with E-state index in [0.29, 0.717) is 15.6 Å². The molecule has 0 heterocycles. The van der Waals surface area contributed by atoms with E-state index < -0.39 is 5.82 Å². The highest BCUT2D eigenvalue weighted by Crippen LogP contribution is 2.25. The zero-order chi connectivity index (χ0) is 13.8. The molecule has 0 saturated heterocycles. The molecular weight excluding hydrogens is 338 g/mol. The van der Waals surface area contributed by atoms with Crippen LogP contribution in [0.5, 0.6) is 5.75 Å². The first kappa shape index (κ1) is 14.3. The largest absolute Gasteiger partial charge is 0.485 e. The second kappa shape index (κ2) is 6.35. The molecule has 0 atom stereocenters. The number of benzene rings is 2. The van der Waals surface area contributed by atoms with Gasteiger partial charge >= 0.3 is 0 Å². The number of alkyl halides is 1. The molecular formula is C14H10BrClF2O. The Hall–Kier alpha value is -1.13. The second-order valence-corrected chi connectivity index (χ2v) is 5.11. The van der Waals surface area contributed by atoms with Crippen molar-refractivity contribution in [1.29, 1.82) is 0 Å². The molecule has 0 aliphatic rings. The lowest BCUT2D eigenvalue weighted by molar-refractivity contribution is 0.287. The maximum Gasteiger partial charge on any atom is 0.165 e. The van der Waals surface area contributed by atoms with E-state index in [1.54, 1.807) is 18.2 Å². The number of hydrogen-bond acceptors (Lipinski definition) is 1. The Bertz CT molecular complexity index is 569. The van der Waals surface area contributed by atoms with Crippen molar-refractivity contribution in [2.24, 2.45) is 0 Å². The quantitative estimate of drug-likeness (QED) is 0.704. The third-order valence-electron chi connectivity index (χ3n) is 2.50. The zero-order valence-corrected chi connectivity index (χ0v) is 12.1. The molecule has 0 aromatic heterocycles. The van der Waals surface area contributed by atoms with Crippen molar-refractivity contribution in [1.82, 2.24) is 0 Å². The minimum atomic E-state index is -0.478. The summed E-state index contributed by atoms with van der Waals surface area (Å²) < 4.78 is 32.8. The first-order chi connectivity index (χ1) is 9.10. The van der Waals surface area contributed by atoms with Crippen LogP contribution in [0.2, 0.25) is 0 Å². The van der Waals surface area contributed by atoms with E-state index in [-0.39, 0.29) is 24.1 Å². The Morgan fingerprint density at radius 1 is 1.16 bits per heavy atom. The standard InChI is InChI=1S/C14H10BrClF2O/c15-11-4-9(5-12(17)6-11)8-19-14-10(7-16)2-1-3-13(14)18/h1-6H,7-8H2. The van der Waals surface area contributed by atoms with Gasteiger partial charge in [0.25, 0.3) is 0 Å². The highest BCUT2D eigenvalue weighted by molar-refractivity contribution is 9.10. The molecule has 19 heavy (non-hydrogen) atoms. The number of ether oxygens (including phenoxy) is 1. The SMILES string of the molecule is Fc1cc(Br)cc(COc2c(F)cccc2CCl)c1. The molecule has 0 spiro atoms. The predicted octanol–water partition coefficient (Wildman–Crippen LogP) is 5.05. The maximum absolute atomic E-state index is 13.6. The van der Waals surface area contributed by atoms with E-state index in [2.05, 4.69) is 15.9 Å². The van der Waals surface area contributed by atoms with Gasteiger partial charge in [0.05, 0.1) is 5.88 Å².